The molecule has 2 atom stereocenters. The number of rotatable bonds is 3. The highest BCUT2D eigenvalue weighted by molar-refractivity contribution is 5.52. The topological polar surface area (TPSA) is 15.3 Å². The third-order valence-corrected chi connectivity index (χ3v) is 4.99. The summed E-state index contributed by atoms with van der Waals surface area (Å²) < 4.78 is 0. The van der Waals surface area contributed by atoms with Crippen LogP contribution >= 0.6 is 0 Å². The summed E-state index contributed by atoms with van der Waals surface area (Å²) in [5, 5.41) is 2.33. The van der Waals surface area contributed by atoms with Crippen LogP contribution in [-0.4, -0.2) is 0 Å². The summed E-state index contributed by atoms with van der Waals surface area (Å²) in [4.78, 5) is 0. The number of nitrogens with one attached hydrogen (secondary N) is 1. The van der Waals surface area contributed by atoms with Gasteiger partial charge in [-0.05, 0) is 36.6 Å². The molecular weight excluding hydrogens is 292 g/mol. The second kappa shape index (κ2) is 6.14. The fourth-order valence-electron chi connectivity index (χ4n) is 3.69. The van der Waals surface area contributed by atoms with Crippen LogP contribution in [0.4, 0.5) is 5.69 Å². The van der Waals surface area contributed by atoms with Crippen LogP contribution in [0.2, 0.25) is 0 Å². The second-order valence-corrected chi connectivity index (χ2v) is 6.61. The van der Waals surface area contributed by atoms with Gasteiger partial charge >= 0.3 is 0 Å². The highest BCUT2D eigenvalue weighted by Crippen LogP contribution is 2.44. The van der Waals surface area contributed by atoms with Crippen LogP contribution in [-0.2, 0) is 5.54 Å². The molecule has 0 saturated carbocycles. The molecule has 1 aliphatic rings. The third-order valence-electron chi connectivity index (χ3n) is 4.99. The van der Waals surface area contributed by atoms with E-state index in [2.05, 4.69) is 108 Å². The molecule has 24 heavy (non-hydrogen) atoms. The molecule has 0 spiro atoms. The molecule has 1 fully saturated rings. The first-order valence-electron chi connectivity index (χ1n) is 8.49. The first-order chi connectivity index (χ1) is 11.8. The van der Waals surface area contributed by atoms with E-state index in [9.17, 15) is 0 Å². The van der Waals surface area contributed by atoms with E-state index in [0.717, 1.165) is 6.42 Å². The molecule has 3 aromatic rings. The van der Waals surface area contributed by atoms with Gasteiger partial charge in [0.25, 0.3) is 0 Å². The number of hydrogen-bond acceptors (Lipinski definition) is 2. The second-order valence-electron chi connectivity index (χ2n) is 6.61. The molecule has 0 bridgehead atoms. The van der Waals surface area contributed by atoms with Gasteiger partial charge in [-0.25, -0.2) is 5.43 Å². The maximum absolute atomic E-state index is 3.75. The van der Waals surface area contributed by atoms with Crippen molar-refractivity contribution in [2.45, 2.75) is 24.9 Å². The van der Waals surface area contributed by atoms with E-state index in [-0.39, 0.29) is 5.54 Å². The zero-order valence-corrected chi connectivity index (χ0v) is 13.9. The predicted molar refractivity (Wildman–Crippen MR) is 99.7 cm³/mol. The SMILES string of the molecule is CC1(c2ccccc2)CC(c2ccccc2)NN1c1ccccc1. The minimum absolute atomic E-state index is 0.0941. The van der Waals surface area contributed by atoms with Gasteiger partial charge in [0.2, 0.25) is 0 Å². The lowest BCUT2D eigenvalue weighted by Gasteiger charge is -2.36. The monoisotopic (exact) mass is 314 g/mol. The molecule has 2 unspecified atom stereocenters. The first-order valence-corrected chi connectivity index (χ1v) is 8.49. The van der Waals surface area contributed by atoms with Gasteiger partial charge in [0, 0.05) is 0 Å². The van der Waals surface area contributed by atoms with E-state index < -0.39 is 0 Å². The van der Waals surface area contributed by atoms with Gasteiger partial charge in [-0.2, -0.15) is 0 Å². The Morgan fingerprint density at radius 2 is 1.33 bits per heavy atom. The zero-order chi connectivity index (χ0) is 16.4. The Morgan fingerprint density at radius 3 is 1.96 bits per heavy atom. The van der Waals surface area contributed by atoms with E-state index in [1.54, 1.807) is 0 Å². The summed E-state index contributed by atoms with van der Waals surface area (Å²) in [5.74, 6) is 0. The molecule has 4 rings (SSSR count). The number of nitrogens with zero attached hydrogens (tertiary/aromatic N) is 1. The average Bonchev–Trinajstić information content (AvgIpc) is 3.03. The quantitative estimate of drug-likeness (QED) is 0.727. The largest absolute Gasteiger partial charge is 0.298 e. The number of para-hydroxylation sites is 1. The van der Waals surface area contributed by atoms with Crippen LogP contribution < -0.4 is 10.4 Å². The molecule has 1 saturated heterocycles. The molecular formula is C22H22N2. The molecule has 1 heterocycles. The Balaban J connectivity index is 1.77. The minimum atomic E-state index is -0.0941. The molecule has 2 heteroatoms. The lowest BCUT2D eigenvalue weighted by Crippen LogP contribution is -2.44. The van der Waals surface area contributed by atoms with Crippen LogP contribution in [0, 0.1) is 0 Å². The maximum atomic E-state index is 3.75. The minimum Gasteiger partial charge on any atom is -0.298 e. The number of anilines is 1. The Hall–Kier alpha value is -2.58. The highest BCUT2D eigenvalue weighted by Gasteiger charge is 2.43. The molecule has 2 nitrogen and oxygen atoms in total. The van der Waals surface area contributed by atoms with Gasteiger partial charge in [-0.1, -0.05) is 78.9 Å². The van der Waals surface area contributed by atoms with E-state index in [0.29, 0.717) is 6.04 Å². The van der Waals surface area contributed by atoms with Gasteiger partial charge in [0.1, 0.15) is 0 Å². The molecule has 120 valence electrons. The van der Waals surface area contributed by atoms with Crippen LogP contribution in [0.3, 0.4) is 0 Å². The summed E-state index contributed by atoms with van der Waals surface area (Å²) in [6, 6.07) is 32.4. The average molecular weight is 314 g/mol. The lowest BCUT2D eigenvalue weighted by molar-refractivity contribution is 0.477. The molecule has 0 aromatic heterocycles. The molecule has 0 radical (unpaired) electrons. The van der Waals surface area contributed by atoms with Crippen LogP contribution in [0.1, 0.15) is 30.5 Å². The van der Waals surface area contributed by atoms with Crippen molar-refractivity contribution < 1.29 is 0 Å². The normalized spacial score (nSPS) is 23.4. The van der Waals surface area contributed by atoms with Crippen molar-refractivity contribution in [1.82, 2.24) is 5.43 Å². The van der Waals surface area contributed by atoms with Crippen LogP contribution in [0.5, 0.6) is 0 Å². The van der Waals surface area contributed by atoms with Crippen molar-refractivity contribution >= 4 is 5.69 Å². The van der Waals surface area contributed by atoms with Crippen molar-refractivity contribution in [3.05, 3.63) is 102 Å². The van der Waals surface area contributed by atoms with Crippen molar-refractivity contribution in [2.24, 2.45) is 0 Å². The molecule has 1 aliphatic heterocycles. The summed E-state index contributed by atoms with van der Waals surface area (Å²) >= 11 is 0. The Labute approximate surface area is 143 Å². The zero-order valence-electron chi connectivity index (χ0n) is 13.9. The summed E-state index contributed by atoms with van der Waals surface area (Å²) in [5.41, 5.74) is 7.51. The molecule has 0 amide bonds. The number of hydrogen-bond donors (Lipinski definition) is 1. The smallest absolute Gasteiger partial charge is 0.0803 e. The van der Waals surface area contributed by atoms with Crippen LogP contribution in [0.15, 0.2) is 91.0 Å². The summed E-state index contributed by atoms with van der Waals surface area (Å²) in [7, 11) is 0. The Morgan fingerprint density at radius 1 is 0.792 bits per heavy atom. The highest BCUT2D eigenvalue weighted by atomic mass is 15.6. The molecule has 3 aromatic carbocycles. The fraction of sp³-hybridized carbons (Fsp3) is 0.182. The first kappa shape index (κ1) is 15.0. The standard InChI is InChI=1S/C22H22N2/c1-22(19-13-7-3-8-14-19)17-21(18-11-5-2-6-12-18)23-24(22)20-15-9-4-10-16-20/h2-16,21,23H,17H2,1H3. The van der Waals surface area contributed by atoms with Gasteiger partial charge < -0.3 is 0 Å². The van der Waals surface area contributed by atoms with Crippen LogP contribution in [0.25, 0.3) is 0 Å². The van der Waals surface area contributed by atoms with E-state index in [1.807, 2.05) is 0 Å². The van der Waals surface area contributed by atoms with Gasteiger partial charge in [0.05, 0.1) is 17.3 Å². The molecule has 0 aliphatic carbocycles. The molecule has 1 N–H and O–H groups in total. The third kappa shape index (κ3) is 2.59. The number of benzene rings is 3. The maximum Gasteiger partial charge on any atom is 0.0803 e. The number of hydrazine groups is 1. The lowest BCUT2D eigenvalue weighted by atomic mass is 9.85. The Kier molecular flexibility index (Phi) is 3.83. The fourth-order valence-corrected chi connectivity index (χ4v) is 3.69. The van der Waals surface area contributed by atoms with Crippen molar-refractivity contribution in [3.8, 4) is 0 Å². The van der Waals surface area contributed by atoms with Crippen molar-refractivity contribution in [1.29, 1.82) is 0 Å². The van der Waals surface area contributed by atoms with Crippen molar-refractivity contribution in [3.63, 3.8) is 0 Å². The summed E-state index contributed by atoms with van der Waals surface area (Å²) in [6.45, 7) is 2.32. The predicted octanol–water partition coefficient (Wildman–Crippen LogP) is 5.06. The van der Waals surface area contributed by atoms with Gasteiger partial charge in [-0.15, -0.1) is 0 Å². The van der Waals surface area contributed by atoms with Crippen molar-refractivity contribution in [2.75, 3.05) is 5.01 Å². The van der Waals surface area contributed by atoms with E-state index in [4.69, 9.17) is 0 Å². The van der Waals surface area contributed by atoms with Gasteiger partial charge in [0.15, 0.2) is 0 Å². The van der Waals surface area contributed by atoms with E-state index in [1.165, 1.54) is 16.8 Å². The van der Waals surface area contributed by atoms with E-state index >= 15 is 0 Å². The van der Waals surface area contributed by atoms with Gasteiger partial charge in [-0.3, -0.25) is 5.01 Å². The summed E-state index contributed by atoms with van der Waals surface area (Å²) in [6.07, 6.45) is 1.02. The Bertz CT molecular complexity index is 786.